The van der Waals surface area contributed by atoms with Crippen molar-refractivity contribution in [2.45, 2.75) is 13.3 Å². The van der Waals surface area contributed by atoms with Gasteiger partial charge in [-0.1, -0.05) is 0 Å². The molecule has 0 atom stereocenters. The number of aromatic nitrogens is 4. The molecule has 1 aliphatic heterocycles. The molecule has 3 aromatic heterocycles. The number of nitrogens with zero attached hydrogens (tertiary/aromatic N) is 5. The first kappa shape index (κ1) is 15.3. The van der Waals surface area contributed by atoms with Gasteiger partial charge in [-0.3, -0.25) is 9.67 Å². The van der Waals surface area contributed by atoms with Crippen molar-refractivity contribution < 1.29 is 0 Å². The Bertz CT molecular complexity index is 889. The van der Waals surface area contributed by atoms with Gasteiger partial charge in [0.2, 0.25) is 0 Å². The van der Waals surface area contributed by atoms with Gasteiger partial charge in [0.25, 0.3) is 0 Å². The number of anilines is 1. The third-order valence-corrected chi connectivity index (χ3v) is 5.49. The number of aryl methyl sites for hydroxylation is 1. The van der Waals surface area contributed by atoms with Crippen LogP contribution >= 0.6 is 22.7 Å². The minimum Gasteiger partial charge on any atom is -0.356 e. The number of aliphatic imine (C=N–C) groups is 1. The van der Waals surface area contributed by atoms with Crippen LogP contribution in [0.4, 0.5) is 5.13 Å². The first-order valence-electron chi connectivity index (χ1n) is 7.66. The van der Waals surface area contributed by atoms with E-state index in [9.17, 15) is 0 Å². The van der Waals surface area contributed by atoms with E-state index in [1.54, 1.807) is 22.7 Å². The van der Waals surface area contributed by atoms with Crippen LogP contribution in [0, 0.1) is 6.92 Å². The van der Waals surface area contributed by atoms with Crippen molar-refractivity contribution in [3.8, 4) is 22.0 Å². The van der Waals surface area contributed by atoms with Gasteiger partial charge >= 0.3 is 0 Å². The van der Waals surface area contributed by atoms with Gasteiger partial charge in [0.15, 0.2) is 11.1 Å². The second-order valence-corrected chi connectivity index (χ2v) is 7.19. The fourth-order valence-electron chi connectivity index (χ4n) is 2.39. The van der Waals surface area contributed by atoms with Crippen LogP contribution in [-0.4, -0.2) is 38.8 Å². The average molecular weight is 359 g/mol. The second-order valence-electron chi connectivity index (χ2n) is 5.48. The highest BCUT2D eigenvalue weighted by Gasteiger charge is 2.14. The van der Waals surface area contributed by atoms with Gasteiger partial charge in [-0.05, 0) is 13.3 Å². The van der Waals surface area contributed by atoms with Crippen LogP contribution in [0.3, 0.4) is 0 Å². The molecule has 24 heavy (non-hydrogen) atoms. The normalized spacial score (nSPS) is 14.3. The molecule has 0 aliphatic carbocycles. The summed E-state index contributed by atoms with van der Waals surface area (Å²) in [5, 5.41) is 16.6. The molecule has 0 saturated heterocycles. The van der Waals surface area contributed by atoms with Crippen LogP contribution in [0.15, 0.2) is 21.9 Å². The fourth-order valence-corrected chi connectivity index (χ4v) is 3.97. The van der Waals surface area contributed by atoms with Crippen molar-refractivity contribution in [1.29, 1.82) is 0 Å². The molecule has 2 N–H and O–H groups in total. The molecule has 4 heterocycles. The maximum Gasteiger partial charge on any atom is 0.197 e. The molecule has 0 aromatic carbocycles. The highest BCUT2D eigenvalue weighted by molar-refractivity contribution is 7.14. The topological polar surface area (TPSA) is 80.0 Å². The minimum atomic E-state index is 0.798. The lowest BCUT2D eigenvalue weighted by Crippen LogP contribution is -2.35. The summed E-state index contributed by atoms with van der Waals surface area (Å²) in [6, 6.07) is 0. The predicted octanol–water partition coefficient (Wildman–Crippen LogP) is 2.74. The molecular weight excluding hydrogens is 342 g/mol. The first-order valence-corrected chi connectivity index (χ1v) is 9.42. The summed E-state index contributed by atoms with van der Waals surface area (Å²) < 4.78 is 1.86. The van der Waals surface area contributed by atoms with Crippen LogP contribution in [-0.2, 0) is 7.05 Å². The van der Waals surface area contributed by atoms with Crippen molar-refractivity contribution in [3.05, 3.63) is 22.7 Å². The molecule has 9 heteroatoms. The van der Waals surface area contributed by atoms with E-state index < -0.39 is 0 Å². The lowest BCUT2D eigenvalue weighted by atomic mass is 10.3. The summed E-state index contributed by atoms with van der Waals surface area (Å²) in [7, 11) is 1.94. The zero-order valence-corrected chi connectivity index (χ0v) is 15.0. The third-order valence-electron chi connectivity index (χ3n) is 3.86. The molecule has 0 unspecified atom stereocenters. The Kier molecular flexibility index (Phi) is 4.03. The third kappa shape index (κ3) is 2.92. The first-order chi connectivity index (χ1) is 11.7. The van der Waals surface area contributed by atoms with Crippen molar-refractivity contribution in [2.75, 3.05) is 18.4 Å². The molecule has 3 aromatic rings. The van der Waals surface area contributed by atoms with Gasteiger partial charge in [0.1, 0.15) is 16.4 Å². The molecule has 0 spiro atoms. The van der Waals surface area contributed by atoms with E-state index in [0.717, 1.165) is 58.3 Å². The van der Waals surface area contributed by atoms with E-state index in [0.29, 0.717) is 0 Å². The van der Waals surface area contributed by atoms with Gasteiger partial charge < -0.3 is 10.6 Å². The minimum absolute atomic E-state index is 0.798. The van der Waals surface area contributed by atoms with E-state index in [4.69, 9.17) is 4.98 Å². The van der Waals surface area contributed by atoms with E-state index in [-0.39, 0.29) is 0 Å². The Morgan fingerprint density at radius 3 is 2.79 bits per heavy atom. The van der Waals surface area contributed by atoms with E-state index in [1.807, 2.05) is 35.6 Å². The highest BCUT2D eigenvalue weighted by atomic mass is 32.1. The maximum atomic E-state index is 4.72. The number of hydrogen-bond acceptors (Lipinski definition) is 8. The molecule has 0 radical (unpaired) electrons. The Labute approximate surface area is 147 Å². The van der Waals surface area contributed by atoms with Gasteiger partial charge in [-0.25, -0.2) is 9.97 Å². The van der Waals surface area contributed by atoms with Crippen molar-refractivity contribution in [3.63, 3.8) is 0 Å². The summed E-state index contributed by atoms with van der Waals surface area (Å²) >= 11 is 3.17. The number of hydrogen-bond donors (Lipinski definition) is 2. The molecule has 4 rings (SSSR count). The summed E-state index contributed by atoms with van der Waals surface area (Å²) in [4.78, 5) is 13.7. The zero-order chi connectivity index (χ0) is 16.5. The number of thiazole rings is 2. The maximum absolute atomic E-state index is 4.72. The number of nitrogens with one attached hydrogen (secondary N) is 2. The lowest BCUT2D eigenvalue weighted by molar-refractivity contribution is 0.740. The van der Waals surface area contributed by atoms with E-state index in [2.05, 4.69) is 25.7 Å². The van der Waals surface area contributed by atoms with E-state index in [1.165, 1.54) is 0 Å². The number of guanidine groups is 1. The molecule has 7 nitrogen and oxygen atoms in total. The Morgan fingerprint density at radius 1 is 1.21 bits per heavy atom. The van der Waals surface area contributed by atoms with Gasteiger partial charge in [0.05, 0.1) is 11.8 Å². The van der Waals surface area contributed by atoms with Crippen LogP contribution in [0.25, 0.3) is 22.0 Å². The predicted molar refractivity (Wildman–Crippen MR) is 98.7 cm³/mol. The standard InChI is InChI=1S/C15H17N7S2/c1-9-10(6-18-22(9)2)13-19-11(7-23-13)12-8-24-15(20-12)21-14-16-4-3-5-17-14/h6-8H,3-5H2,1-2H3,(H2,16,17,20,21). The summed E-state index contributed by atoms with van der Waals surface area (Å²) in [6.07, 6.45) is 2.93. The second kappa shape index (κ2) is 6.33. The SMILES string of the molecule is Cc1c(-c2nc(-c3csc(NC4=NCCCN4)n3)cs2)cnn1C. The smallest absolute Gasteiger partial charge is 0.197 e. The zero-order valence-electron chi connectivity index (χ0n) is 13.4. The molecule has 0 saturated carbocycles. The molecular formula is C15H17N7S2. The summed E-state index contributed by atoms with van der Waals surface area (Å²) in [5.41, 5.74) is 3.95. The molecule has 0 fully saturated rings. The largest absolute Gasteiger partial charge is 0.356 e. The Balaban J connectivity index is 1.55. The van der Waals surface area contributed by atoms with Crippen LogP contribution in [0.5, 0.6) is 0 Å². The van der Waals surface area contributed by atoms with Crippen LogP contribution < -0.4 is 10.6 Å². The van der Waals surface area contributed by atoms with Gasteiger partial charge in [-0.15, -0.1) is 22.7 Å². The summed E-state index contributed by atoms with van der Waals surface area (Å²) in [6.45, 7) is 3.85. The van der Waals surface area contributed by atoms with Crippen molar-refractivity contribution in [1.82, 2.24) is 25.1 Å². The van der Waals surface area contributed by atoms with Gasteiger partial charge in [-0.2, -0.15) is 5.10 Å². The van der Waals surface area contributed by atoms with Gasteiger partial charge in [0, 0.05) is 36.6 Å². The van der Waals surface area contributed by atoms with Crippen LogP contribution in [0.2, 0.25) is 0 Å². The van der Waals surface area contributed by atoms with Crippen molar-refractivity contribution in [2.24, 2.45) is 12.0 Å². The molecule has 124 valence electrons. The quantitative estimate of drug-likeness (QED) is 0.752. The summed E-state index contributed by atoms with van der Waals surface area (Å²) in [5.74, 6) is 0.798. The number of rotatable bonds is 3. The molecule has 0 amide bonds. The Morgan fingerprint density at radius 2 is 2.04 bits per heavy atom. The van der Waals surface area contributed by atoms with Crippen molar-refractivity contribution >= 4 is 33.8 Å². The van der Waals surface area contributed by atoms with Crippen LogP contribution in [0.1, 0.15) is 12.1 Å². The molecule has 0 bridgehead atoms. The van der Waals surface area contributed by atoms with E-state index >= 15 is 0 Å². The Hall–Kier alpha value is -2.26. The average Bonchev–Trinajstić information content (AvgIpc) is 3.30. The molecule has 1 aliphatic rings. The monoisotopic (exact) mass is 359 g/mol. The highest BCUT2D eigenvalue weighted by Crippen LogP contribution is 2.31. The lowest BCUT2D eigenvalue weighted by Gasteiger charge is -2.13. The fraction of sp³-hybridized carbons (Fsp3) is 0.333.